The van der Waals surface area contributed by atoms with Gasteiger partial charge in [-0.2, -0.15) is 0 Å². The highest BCUT2D eigenvalue weighted by molar-refractivity contribution is 6.29. The van der Waals surface area contributed by atoms with Gasteiger partial charge in [0, 0.05) is 23.9 Å². The first-order valence-corrected chi connectivity index (χ1v) is 10.8. The number of anilines is 1. The molecule has 0 saturated carbocycles. The molecule has 1 N–H and O–H groups in total. The molecule has 0 aliphatic carbocycles. The van der Waals surface area contributed by atoms with Crippen molar-refractivity contribution in [3.8, 4) is 5.75 Å². The van der Waals surface area contributed by atoms with Gasteiger partial charge in [-0.15, -0.1) is 0 Å². The summed E-state index contributed by atoms with van der Waals surface area (Å²) in [6, 6.07) is 14.3. The van der Waals surface area contributed by atoms with Crippen molar-refractivity contribution < 1.29 is 14.3 Å². The molecule has 2 amide bonds. The van der Waals surface area contributed by atoms with Gasteiger partial charge in [0.05, 0.1) is 18.2 Å². The van der Waals surface area contributed by atoms with Gasteiger partial charge in [-0.1, -0.05) is 18.2 Å². The summed E-state index contributed by atoms with van der Waals surface area (Å²) in [5.74, 6) is -0.491. The third-order valence-electron chi connectivity index (χ3n) is 5.00. The Morgan fingerprint density at radius 2 is 1.81 bits per heavy atom. The van der Waals surface area contributed by atoms with Gasteiger partial charge in [0.15, 0.2) is 0 Å². The van der Waals surface area contributed by atoms with E-state index in [2.05, 4.69) is 31.1 Å². The Morgan fingerprint density at radius 1 is 1.10 bits per heavy atom. The van der Waals surface area contributed by atoms with Gasteiger partial charge in [0.1, 0.15) is 5.75 Å². The number of carbonyl (C=O) groups is 2. The van der Waals surface area contributed by atoms with Crippen LogP contribution in [0.2, 0.25) is 0 Å². The molecule has 1 aliphatic rings. The molecule has 6 nitrogen and oxygen atoms in total. The van der Waals surface area contributed by atoms with E-state index in [-0.39, 0.29) is 17.4 Å². The van der Waals surface area contributed by atoms with Gasteiger partial charge in [0.2, 0.25) is 5.91 Å². The maximum atomic E-state index is 13.3. The van der Waals surface area contributed by atoms with E-state index in [4.69, 9.17) is 4.74 Å². The van der Waals surface area contributed by atoms with Crippen LogP contribution in [0.1, 0.15) is 56.0 Å². The van der Waals surface area contributed by atoms with Crippen LogP contribution in [-0.4, -0.2) is 43.3 Å². The lowest BCUT2D eigenvalue weighted by Crippen LogP contribution is -2.45. The van der Waals surface area contributed by atoms with Gasteiger partial charge >= 0.3 is 0 Å². The van der Waals surface area contributed by atoms with Crippen LogP contribution in [0.15, 0.2) is 53.5 Å². The fourth-order valence-corrected chi connectivity index (χ4v) is 3.52. The lowest BCUT2D eigenvalue weighted by atomic mass is 9.89. The van der Waals surface area contributed by atoms with Crippen LogP contribution in [-0.2, 0) is 4.79 Å². The van der Waals surface area contributed by atoms with Gasteiger partial charge < -0.3 is 10.1 Å². The summed E-state index contributed by atoms with van der Waals surface area (Å²) in [5.41, 5.74) is 1.83. The van der Waals surface area contributed by atoms with Crippen LogP contribution in [0, 0.1) is 0 Å². The molecular weight excluding hydrogens is 390 g/mol. The molecule has 2 aromatic rings. The molecule has 0 bridgehead atoms. The Labute approximate surface area is 184 Å². The van der Waals surface area contributed by atoms with E-state index in [9.17, 15) is 9.59 Å². The molecule has 0 radical (unpaired) electrons. The molecule has 2 aromatic carbocycles. The normalized spacial score (nSPS) is 16.6. The van der Waals surface area contributed by atoms with E-state index in [1.807, 2.05) is 25.1 Å². The zero-order chi connectivity index (χ0) is 22.4. The van der Waals surface area contributed by atoms with Crippen LogP contribution >= 0.6 is 0 Å². The van der Waals surface area contributed by atoms with E-state index in [0.717, 1.165) is 13.0 Å². The van der Waals surface area contributed by atoms with E-state index < -0.39 is 5.92 Å². The molecule has 31 heavy (non-hydrogen) atoms. The van der Waals surface area contributed by atoms with Crippen LogP contribution in [0.25, 0.3) is 0 Å². The Morgan fingerprint density at radius 3 is 2.48 bits per heavy atom. The molecule has 0 unspecified atom stereocenters. The predicted octanol–water partition coefficient (Wildman–Crippen LogP) is 4.20. The maximum absolute atomic E-state index is 13.3. The highest BCUT2D eigenvalue weighted by Gasteiger charge is 2.38. The molecule has 1 heterocycles. The highest BCUT2D eigenvalue weighted by atomic mass is 16.5. The number of fused-ring (bicyclic) bond motifs is 1. The van der Waals surface area contributed by atoms with E-state index >= 15 is 0 Å². The first kappa shape index (κ1) is 22.7. The number of nitrogens with zero attached hydrogens (tertiary/aromatic N) is 2. The van der Waals surface area contributed by atoms with Crippen molar-refractivity contribution in [1.29, 1.82) is 0 Å². The van der Waals surface area contributed by atoms with Crippen LogP contribution in [0.4, 0.5) is 5.69 Å². The summed E-state index contributed by atoms with van der Waals surface area (Å²) in [6.45, 7) is 10.3. The Balaban J connectivity index is 1.80. The summed E-state index contributed by atoms with van der Waals surface area (Å²) >= 11 is 0. The maximum Gasteiger partial charge on any atom is 0.265 e. The fraction of sp³-hybridized carbons (Fsp3) is 0.400. The summed E-state index contributed by atoms with van der Waals surface area (Å²) in [6.07, 6.45) is 2.56. The van der Waals surface area contributed by atoms with Crippen molar-refractivity contribution in [2.24, 2.45) is 4.99 Å². The molecule has 3 rings (SSSR count). The number of ether oxygens (including phenoxy) is 1. The largest absolute Gasteiger partial charge is 0.494 e. The standard InChI is InChI=1S/C25H31N3O3/c1-5-31-19-13-11-18(12-14-19)28-23(29)21-10-7-6-9-20(21)22(24(28)30)17-26-15-8-16-27-25(2,3)4/h6-7,9-14,17,22,27H,5,8,15-16H2,1-4H3/t22-/m1/s1. The first-order chi connectivity index (χ1) is 14.8. The number of hydrogen-bond acceptors (Lipinski definition) is 5. The summed E-state index contributed by atoms with van der Waals surface area (Å²) in [4.78, 5) is 32.2. The number of rotatable bonds is 8. The average molecular weight is 422 g/mol. The summed E-state index contributed by atoms with van der Waals surface area (Å²) in [7, 11) is 0. The SMILES string of the molecule is CCOc1ccc(N2C(=O)c3ccccc3[C@@H](C=NCCCNC(C)(C)C)C2=O)cc1. The number of amides is 2. The highest BCUT2D eigenvalue weighted by Crippen LogP contribution is 2.32. The number of carbonyl (C=O) groups excluding carboxylic acids is 2. The molecule has 1 aliphatic heterocycles. The number of hydrogen-bond donors (Lipinski definition) is 1. The monoisotopic (exact) mass is 421 g/mol. The molecule has 6 heteroatoms. The van der Waals surface area contributed by atoms with Gasteiger partial charge in [-0.3, -0.25) is 14.6 Å². The topological polar surface area (TPSA) is 71.0 Å². The number of imide groups is 1. The lowest BCUT2D eigenvalue weighted by Gasteiger charge is -2.31. The van der Waals surface area contributed by atoms with Crippen molar-refractivity contribution in [2.75, 3.05) is 24.6 Å². The summed E-state index contributed by atoms with van der Waals surface area (Å²) < 4.78 is 5.47. The molecule has 0 saturated heterocycles. The van der Waals surface area contributed by atoms with Crippen LogP contribution in [0.3, 0.4) is 0 Å². The van der Waals surface area contributed by atoms with E-state index in [0.29, 0.717) is 35.7 Å². The minimum atomic E-state index is -0.587. The van der Waals surface area contributed by atoms with Crippen molar-refractivity contribution in [1.82, 2.24) is 5.32 Å². The van der Waals surface area contributed by atoms with Gasteiger partial charge in [-0.05, 0) is 76.6 Å². The minimum absolute atomic E-state index is 0.0700. The first-order valence-electron chi connectivity index (χ1n) is 10.8. The lowest BCUT2D eigenvalue weighted by molar-refractivity contribution is -0.118. The Hall–Kier alpha value is -2.99. The van der Waals surface area contributed by atoms with Crippen LogP contribution in [0.5, 0.6) is 5.75 Å². The van der Waals surface area contributed by atoms with Crippen LogP contribution < -0.4 is 15.0 Å². The predicted molar refractivity (Wildman–Crippen MR) is 124 cm³/mol. The van der Waals surface area contributed by atoms with Crippen molar-refractivity contribution in [3.05, 3.63) is 59.7 Å². The van der Waals surface area contributed by atoms with Crippen molar-refractivity contribution in [2.45, 2.75) is 45.6 Å². The Kier molecular flexibility index (Phi) is 7.23. The average Bonchev–Trinajstić information content (AvgIpc) is 2.73. The molecule has 1 atom stereocenters. The zero-order valence-corrected chi connectivity index (χ0v) is 18.7. The fourth-order valence-electron chi connectivity index (χ4n) is 3.52. The van der Waals surface area contributed by atoms with E-state index in [1.54, 1.807) is 36.5 Å². The van der Waals surface area contributed by atoms with E-state index in [1.165, 1.54) is 4.90 Å². The summed E-state index contributed by atoms with van der Waals surface area (Å²) in [5, 5.41) is 3.43. The van der Waals surface area contributed by atoms with Gasteiger partial charge in [0.25, 0.3) is 5.91 Å². The second-order valence-corrected chi connectivity index (χ2v) is 8.56. The van der Waals surface area contributed by atoms with Crippen molar-refractivity contribution in [3.63, 3.8) is 0 Å². The number of nitrogens with one attached hydrogen (secondary N) is 1. The van der Waals surface area contributed by atoms with Crippen molar-refractivity contribution >= 4 is 23.7 Å². The molecular formula is C25H31N3O3. The number of aliphatic imine (C=N–C) groups is 1. The Bertz CT molecular complexity index is 945. The second-order valence-electron chi connectivity index (χ2n) is 8.56. The smallest absolute Gasteiger partial charge is 0.265 e. The third kappa shape index (κ3) is 5.58. The quantitative estimate of drug-likeness (QED) is 0.394. The minimum Gasteiger partial charge on any atom is -0.494 e. The second kappa shape index (κ2) is 9.88. The number of benzene rings is 2. The molecule has 0 spiro atoms. The molecule has 0 aromatic heterocycles. The molecule has 164 valence electrons. The van der Waals surface area contributed by atoms with Gasteiger partial charge in [-0.25, -0.2) is 4.90 Å². The molecule has 0 fully saturated rings. The third-order valence-corrected chi connectivity index (χ3v) is 5.00. The zero-order valence-electron chi connectivity index (χ0n) is 18.7.